The van der Waals surface area contributed by atoms with Gasteiger partial charge in [-0.15, -0.1) is 0 Å². The number of carbonyl (C=O) groups is 1. The number of hydrogen-bond acceptors (Lipinski definition) is 5. The van der Waals surface area contributed by atoms with Gasteiger partial charge in [-0.05, 0) is 41.5 Å². The first-order valence-electron chi connectivity index (χ1n) is 8.31. The van der Waals surface area contributed by atoms with E-state index in [0.717, 1.165) is 16.3 Å². The molecule has 2 aromatic carbocycles. The van der Waals surface area contributed by atoms with Gasteiger partial charge >= 0.3 is 7.12 Å². The summed E-state index contributed by atoms with van der Waals surface area (Å²) in [7, 11) is -1.59. The SMILES string of the molecule is Cc1ccc(C(CN)C(=O)Nc2ccc3cnccc3c2)cc1B(O)O. The van der Waals surface area contributed by atoms with Crippen molar-refractivity contribution in [2.45, 2.75) is 12.8 Å². The van der Waals surface area contributed by atoms with Crippen LogP contribution in [0.15, 0.2) is 54.9 Å². The van der Waals surface area contributed by atoms with Gasteiger partial charge in [0, 0.05) is 30.0 Å². The third-order valence-corrected chi connectivity index (χ3v) is 4.44. The van der Waals surface area contributed by atoms with Crippen molar-refractivity contribution < 1.29 is 14.8 Å². The van der Waals surface area contributed by atoms with Gasteiger partial charge in [-0.3, -0.25) is 9.78 Å². The molecule has 5 N–H and O–H groups in total. The van der Waals surface area contributed by atoms with E-state index >= 15 is 0 Å². The fourth-order valence-corrected chi connectivity index (χ4v) is 2.94. The molecule has 0 aliphatic carbocycles. The second kappa shape index (κ2) is 7.66. The third kappa shape index (κ3) is 3.75. The molecule has 3 rings (SSSR count). The molecule has 1 unspecified atom stereocenters. The molecule has 26 heavy (non-hydrogen) atoms. The number of carbonyl (C=O) groups excluding carboxylic acids is 1. The van der Waals surface area contributed by atoms with Crippen LogP contribution in [0.3, 0.4) is 0 Å². The van der Waals surface area contributed by atoms with Crippen LogP contribution in [-0.4, -0.2) is 34.6 Å². The minimum atomic E-state index is -1.59. The van der Waals surface area contributed by atoms with Crippen LogP contribution in [0, 0.1) is 6.92 Å². The zero-order valence-electron chi connectivity index (χ0n) is 14.4. The summed E-state index contributed by atoms with van der Waals surface area (Å²) in [6.45, 7) is 1.88. The van der Waals surface area contributed by atoms with Gasteiger partial charge in [0.15, 0.2) is 0 Å². The Hall–Kier alpha value is -2.74. The number of fused-ring (bicyclic) bond motifs is 1. The predicted molar refractivity (Wildman–Crippen MR) is 103 cm³/mol. The van der Waals surface area contributed by atoms with Gasteiger partial charge < -0.3 is 21.1 Å². The van der Waals surface area contributed by atoms with E-state index < -0.39 is 13.0 Å². The minimum Gasteiger partial charge on any atom is -0.423 e. The van der Waals surface area contributed by atoms with Crippen LogP contribution in [0.1, 0.15) is 17.0 Å². The van der Waals surface area contributed by atoms with Crippen molar-refractivity contribution >= 4 is 34.9 Å². The largest absolute Gasteiger partial charge is 0.488 e. The van der Waals surface area contributed by atoms with Crippen LogP contribution >= 0.6 is 0 Å². The Balaban J connectivity index is 1.85. The Labute approximate surface area is 151 Å². The highest BCUT2D eigenvalue weighted by atomic mass is 16.4. The number of anilines is 1. The maximum Gasteiger partial charge on any atom is 0.488 e. The average molecular weight is 349 g/mol. The maximum atomic E-state index is 12.7. The van der Waals surface area contributed by atoms with E-state index in [1.54, 1.807) is 37.5 Å². The summed E-state index contributed by atoms with van der Waals surface area (Å²) in [5.41, 5.74) is 8.24. The van der Waals surface area contributed by atoms with Crippen molar-refractivity contribution in [3.8, 4) is 0 Å². The van der Waals surface area contributed by atoms with E-state index in [9.17, 15) is 14.8 Å². The monoisotopic (exact) mass is 349 g/mol. The number of aryl methyl sites for hydroxylation is 1. The van der Waals surface area contributed by atoms with Crippen molar-refractivity contribution in [3.05, 3.63) is 66.0 Å². The van der Waals surface area contributed by atoms with E-state index in [0.29, 0.717) is 16.7 Å². The summed E-state index contributed by atoms with van der Waals surface area (Å²) in [6, 6.07) is 12.6. The van der Waals surface area contributed by atoms with E-state index in [4.69, 9.17) is 5.73 Å². The minimum absolute atomic E-state index is 0.105. The van der Waals surface area contributed by atoms with Crippen LogP contribution in [0.2, 0.25) is 0 Å². The van der Waals surface area contributed by atoms with Gasteiger partial charge in [0.25, 0.3) is 0 Å². The van der Waals surface area contributed by atoms with E-state index in [1.807, 2.05) is 24.3 Å². The second-order valence-electron chi connectivity index (χ2n) is 6.20. The quantitative estimate of drug-likeness (QED) is 0.512. The molecule has 0 aliphatic rings. The van der Waals surface area contributed by atoms with Crippen molar-refractivity contribution in [3.63, 3.8) is 0 Å². The first-order valence-corrected chi connectivity index (χ1v) is 8.31. The van der Waals surface area contributed by atoms with Gasteiger partial charge in [0.1, 0.15) is 0 Å². The topological polar surface area (TPSA) is 108 Å². The smallest absolute Gasteiger partial charge is 0.423 e. The summed E-state index contributed by atoms with van der Waals surface area (Å²) >= 11 is 0. The Morgan fingerprint density at radius 1 is 1.19 bits per heavy atom. The highest BCUT2D eigenvalue weighted by molar-refractivity contribution is 6.59. The number of nitrogens with zero attached hydrogens (tertiary/aromatic N) is 1. The highest BCUT2D eigenvalue weighted by Crippen LogP contribution is 2.21. The number of pyridine rings is 1. The van der Waals surface area contributed by atoms with Crippen molar-refractivity contribution in [2.75, 3.05) is 11.9 Å². The predicted octanol–water partition coefficient (Wildman–Crippen LogP) is 0.904. The Morgan fingerprint density at radius 2 is 2.00 bits per heavy atom. The van der Waals surface area contributed by atoms with Crippen molar-refractivity contribution in [1.82, 2.24) is 4.98 Å². The van der Waals surface area contributed by atoms with Crippen molar-refractivity contribution in [2.24, 2.45) is 5.73 Å². The van der Waals surface area contributed by atoms with Gasteiger partial charge in [-0.25, -0.2) is 0 Å². The molecule has 0 bridgehead atoms. The summed E-state index contributed by atoms with van der Waals surface area (Å²) in [4.78, 5) is 16.8. The Kier molecular flexibility index (Phi) is 5.32. The molecule has 0 radical (unpaired) electrons. The summed E-state index contributed by atoms with van der Waals surface area (Å²) in [5.74, 6) is -0.843. The normalized spacial score (nSPS) is 12.0. The van der Waals surface area contributed by atoms with Crippen molar-refractivity contribution in [1.29, 1.82) is 0 Å². The first-order chi connectivity index (χ1) is 12.5. The van der Waals surface area contributed by atoms with E-state index in [2.05, 4.69) is 10.3 Å². The third-order valence-electron chi connectivity index (χ3n) is 4.44. The molecule has 0 saturated heterocycles. The highest BCUT2D eigenvalue weighted by Gasteiger charge is 2.22. The van der Waals surface area contributed by atoms with Gasteiger partial charge in [0.2, 0.25) is 5.91 Å². The Bertz CT molecular complexity index is 946. The molecule has 1 aromatic heterocycles. The zero-order chi connectivity index (χ0) is 18.7. The fraction of sp³-hybridized carbons (Fsp3) is 0.158. The maximum absolute atomic E-state index is 12.7. The van der Waals surface area contributed by atoms with Gasteiger partial charge in [-0.2, -0.15) is 0 Å². The number of aromatic nitrogens is 1. The van der Waals surface area contributed by atoms with Crippen LogP contribution in [0.4, 0.5) is 5.69 Å². The van der Waals surface area contributed by atoms with Crippen LogP contribution in [-0.2, 0) is 4.79 Å². The molecule has 3 aromatic rings. The average Bonchev–Trinajstić information content (AvgIpc) is 2.63. The van der Waals surface area contributed by atoms with E-state index in [-0.39, 0.29) is 12.5 Å². The number of nitrogens with one attached hydrogen (secondary N) is 1. The summed E-state index contributed by atoms with van der Waals surface area (Å²) in [5, 5.41) is 23.8. The molecule has 1 heterocycles. The number of nitrogens with two attached hydrogens (primary N) is 1. The molecular weight excluding hydrogens is 329 g/mol. The second-order valence-corrected chi connectivity index (χ2v) is 6.20. The molecule has 1 amide bonds. The first kappa shape index (κ1) is 18.1. The zero-order valence-corrected chi connectivity index (χ0v) is 14.4. The number of benzene rings is 2. The molecule has 6 nitrogen and oxygen atoms in total. The molecular formula is C19H20BN3O3. The summed E-state index contributed by atoms with van der Waals surface area (Å²) < 4.78 is 0. The standard InChI is InChI=1S/C19H20BN3O3/c1-12-2-3-14(9-18(12)20(25)26)17(10-21)19(24)23-16-5-4-15-11-22-7-6-13(15)8-16/h2-9,11,17,25-26H,10,21H2,1H3,(H,23,24). The molecule has 7 heteroatoms. The molecule has 0 aliphatic heterocycles. The number of hydrogen-bond donors (Lipinski definition) is 4. The lowest BCUT2D eigenvalue weighted by Crippen LogP contribution is -2.34. The molecule has 1 atom stereocenters. The number of rotatable bonds is 5. The molecule has 132 valence electrons. The number of amides is 1. The molecule has 0 fully saturated rings. The molecule has 0 saturated carbocycles. The lowest BCUT2D eigenvalue weighted by Gasteiger charge is -2.17. The van der Waals surface area contributed by atoms with E-state index in [1.165, 1.54) is 0 Å². The lowest BCUT2D eigenvalue weighted by molar-refractivity contribution is -0.117. The van der Waals surface area contributed by atoms with Gasteiger partial charge in [-0.1, -0.05) is 29.8 Å². The van der Waals surface area contributed by atoms with Gasteiger partial charge in [0.05, 0.1) is 5.92 Å². The molecule has 0 spiro atoms. The Morgan fingerprint density at radius 3 is 2.73 bits per heavy atom. The van der Waals surface area contributed by atoms with Crippen LogP contribution in [0.25, 0.3) is 10.8 Å². The van der Waals surface area contributed by atoms with Crippen LogP contribution in [0.5, 0.6) is 0 Å². The lowest BCUT2D eigenvalue weighted by atomic mass is 9.75. The van der Waals surface area contributed by atoms with Crippen LogP contribution < -0.4 is 16.5 Å². The fourth-order valence-electron chi connectivity index (χ4n) is 2.94. The summed E-state index contributed by atoms with van der Waals surface area (Å²) in [6.07, 6.45) is 3.46.